The maximum absolute atomic E-state index is 5.88. The quantitative estimate of drug-likeness (QED) is 0.892. The van der Waals surface area contributed by atoms with Crippen LogP contribution in [0, 0.1) is 5.92 Å². The molecule has 2 aliphatic rings. The number of hydrogen-bond donors (Lipinski definition) is 1. The molecule has 20 heavy (non-hydrogen) atoms. The molecule has 0 unspecified atom stereocenters. The van der Waals surface area contributed by atoms with Crippen molar-refractivity contribution >= 4 is 15.9 Å². The molecule has 110 valence electrons. The van der Waals surface area contributed by atoms with Crippen molar-refractivity contribution in [2.75, 3.05) is 32.8 Å². The minimum Gasteiger partial charge on any atom is -0.494 e. The molecule has 1 atom stereocenters. The van der Waals surface area contributed by atoms with E-state index in [4.69, 9.17) is 4.74 Å². The lowest BCUT2D eigenvalue weighted by Gasteiger charge is -2.36. The summed E-state index contributed by atoms with van der Waals surface area (Å²) in [5.41, 5.74) is 1.37. The topological polar surface area (TPSA) is 24.5 Å². The Kier molecular flexibility index (Phi) is 4.64. The van der Waals surface area contributed by atoms with Gasteiger partial charge in [-0.25, -0.2) is 0 Å². The Labute approximate surface area is 129 Å². The van der Waals surface area contributed by atoms with E-state index < -0.39 is 0 Å². The van der Waals surface area contributed by atoms with Crippen LogP contribution in [0.1, 0.15) is 31.4 Å². The van der Waals surface area contributed by atoms with Crippen molar-refractivity contribution in [1.29, 1.82) is 0 Å². The fourth-order valence-corrected chi connectivity index (χ4v) is 3.54. The number of nitrogens with one attached hydrogen (secondary N) is 1. The normalized spacial score (nSPS) is 21.7. The first-order valence-corrected chi connectivity index (χ1v) is 8.46. The molecular formula is C16H23BrN2O. The van der Waals surface area contributed by atoms with E-state index in [9.17, 15) is 0 Å². The summed E-state index contributed by atoms with van der Waals surface area (Å²) in [4.78, 5) is 2.64. The van der Waals surface area contributed by atoms with Gasteiger partial charge in [-0.2, -0.15) is 0 Å². The van der Waals surface area contributed by atoms with Crippen molar-refractivity contribution in [3.63, 3.8) is 0 Å². The van der Waals surface area contributed by atoms with E-state index >= 15 is 0 Å². The van der Waals surface area contributed by atoms with Crippen LogP contribution in [0.5, 0.6) is 5.75 Å². The van der Waals surface area contributed by atoms with E-state index in [-0.39, 0.29) is 0 Å². The van der Waals surface area contributed by atoms with E-state index in [1.54, 1.807) is 0 Å². The predicted octanol–water partition coefficient (Wildman–Crippen LogP) is 3.20. The Morgan fingerprint density at radius 1 is 1.35 bits per heavy atom. The Morgan fingerprint density at radius 3 is 2.75 bits per heavy atom. The van der Waals surface area contributed by atoms with Gasteiger partial charge in [-0.05, 0) is 43.9 Å². The van der Waals surface area contributed by atoms with Crippen LogP contribution in [0.25, 0.3) is 0 Å². The Bertz CT molecular complexity index is 456. The number of piperazine rings is 1. The van der Waals surface area contributed by atoms with Gasteiger partial charge < -0.3 is 10.1 Å². The van der Waals surface area contributed by atoms with Gasteiger partial charge in [-0.1, -0.05) is 15.9 Å². The molecule has 1 heterocycles. The highest BCUT2D eigenvalue weighted by atomic mass is 79.9. The maximum Gasteiger partial charge on any atom is 0.124 e. The number of halogens is 1. The van der Waals surface area contributed by atoms with E-state index in [1.165, 1.54) is 18.4 Å². The van der Waals surface area contributed by atoms with Gasteiger partial charge in [-0.3, -0.25) is 4.90 Å². The highest BCUT2D eigenvalue weighted by molar-refractivity contribution is 9.10. The molecule has 0 radical (unpaired) electrons. The SMILES string of the molecule is CCOc1ccc(Br)cc1[C@H](C1CC1)N1CCNCC1. The van der Waals surface area contributed by atoms with Crippen LogP contribution in [0.3, 0.4) is 0 Å². The van der Waals surface area contributed by atoms with Crippen LogP contribution in [0.15, 0.2) is 22.7 Å². The average Bonchev–Trinajstić information content (AvgIpc) is 3.28. The molecule has 1 N–H and O–H groups in total. The highest BCUT2D eigenvalue weighted by Gasteiger charge is 2.38. The van der Waals surface area contributed by atoms with Gasteiger partial charge in [0.1, 0.15) is 5.75 Å². The zero-order valence-electron chi connectivity index (χ0n) is 12.1. The van der Waals surface area contributed by atoms with Crippen molar-refractivity contribution in [1.82, 2.24) is 10.2 Å². The van der Waals surface area contributed by atoms with Gasteiger partial charge in [0.2, 0.25) is 0 Å². The second kappa shape index (κ2) is 6.46. The van der Waals surface area contributed by atoms with Crippen molar-refractivity contribution < 1.29 is 4.74 Å². The largest absolute Gasteiger partial charge is 0.494 e. The second-order valence-corrected chi connectivity index (χ2v) is 6.60. The summed E-state index contributed by atoms with van der Waals surface area (Å²) in [6.07, 6.45) is 2.71. The maximum atomic E-state index is 5.88. The number of hydrogen-bond acceptors (Lipinski definition) is 3. The standard InChI is InChI=1S/C16H23BrN2O/c1-2-20-15-6-5-13(17)11-14(15)16(12-3-4-12)19-9-7-18-8-10-19/h5-6,11-12,16,18H,2-4,7-10H2,1H3/t16-/m0/s1. The molecule has 3 rings (SSSR count). The first kappa shape index (κ1) is 14.4. The van der Waals surface area contributed by atoms with Gasteiger partial charge in [0, 0.05) is 42.3 Å². The second-order valence-electron chi connectivity index (χ2n) is 5.68. The lowest BCUT2D eigenvalue weighted by molar-refractivity contribution is 0.152. The number of ether oxygens (including phenoxy) is 1. The number of nitrogens with zero attached hydrogens (tertiary/aromatic N) is 1. The summed E-state index contributed by atoms with van der Waals surface area (Å²) >= 11 is 3.62. The summed E-state index contributed by atoms with van der Waals surface area (Å²) in [6.45, 7) is 7.26. The lowest BCUT2D eigenvalue weighted by Crippen LogP contribution is -2.45. The molecule has 0 amide bonds. The smallest absolute Gasteiger partial charge is 0.124 e. The third kappa shape index (κ3) is 3.18. The zero-order valence-corrected chi connectivity index (χ0v) is 13.7. The summed E-state index contributed by atoms with van der Waals surface area (Å²) in [5.74, 6) is 1.87. The number of benzene rings is 1. The summed E-state index contributed by atoms with van der Waals surface area (Å²) in [7, 11) is 0. The highest BCUT2D eigenvalue weighted by Crippen LogP contribution is 2.47. The predicted molar refractivity (Wildman–Crippen MR) is 85.2 cm³/mol. The van der Waals surface area contributed by atoms with Gasteiger partial charge in [0.15, 0.2) is 0 Å². The lowest BCUT2D eigenvalue weighted by atomic mass is 9.98. The Balaban J connectivity index is 1.91. The van der Waals surface area contributed by atoms with E-state index in [1.807, 2.05) is 0 Å². The third-order valence-corrected chi connectivity index (χ3v) is 4.70. The van der Waals surface area contributed by atoms with Crippen molar-refractivity contribution in [2.24, 2.45) is 5.92 Å². The molecule has 1 aliphatic carbocycles. The molecule has 3 nitrogen and oxygen atoms in total. The molecule has 1 aromatic carbocycles. The molecule has 0 bridgehead atoms. The van der Waals surface area contributed by atoms with Crippen LogP contribution in [-0.2, 0) is 0 Å². The Morgan fingerprint density at radius 2 is 2.10 bits per heavy atom. The molecular weight excluding hydrogens is 316 g/mol. The van der Waals surface area contributed by atoms with Gasteiger partial charge in [0.05, 0.1) is 6.61 Å². The van der Waals surface area contributed by atoms with Crippen molar-refractivity contribution in [3.05, 3.63) is 28.2 Å². The van der Waals surface area contributed by atoms with Crippen LogP contribution < -0.4 is 10.1 Å². The van der Waals surface area contributed by atoms with Gasteiger partial charge in [-0.15, -0.1) is 0 Å². The van der Waals surface area contributed by atoms with Crippen LogP contribution in [0.4, 0.5) is 0 Å². The third-order valence-electron chi connectivity index (χ3n) is 4.20. The van der Waals surface area contributed by atoms with E-state index in [2.05, 4.69) is 51.3 Å². The van der Waals surface area contributed by atoms with Crippen molar-refractivity contribution in [3.8, 4) is 5.75 Å². The number of rotatable bonds is 5. The zero-order chi connectivity index (χ0) is 13.9. The van der Waals surface area contributed by atoms with Gasteiger partial charge in [0.25, 0.3) is 0 Å². The van der Waals surface area contributed by atoms with Crippen LogP contribution in [-0.4, -0.2) is 37.7 Å². The fraction of sp³-hybridized carbons (Fsp3) is 0.625. The fourth-order valence-electron chi connectivity index (χ4n) is 3.16. The summed E-state index contributed by atoms with van der Waals surface area (Å²) in [5, 5.41) is 3.45. The molecule has 1 saturated heterocycles. The molecule has 1 aromatic rings. The van der Waals surface area contributed by atoms with E-state index in [0.717, 1.165) is 48.9 Å². The monoisotopic (exact) mass is 338 g/mol. The first-order valence-electron chi connectivity index (χ1n) is 7.66. The average molecular weight is 339 g/mol. The summed E-state index contributed by atoms with van der Waals surface area (Å²) in [6, 6.07) is 6.98. The van der Waals surface area contributed by atoms with Crippen LogP contribution >= 0.6 is 15.9 Å². The van der Waals surface area contributed by atoms with E-state index in [0.29, 0.717) is 6.04 Å². The summed E-state index contributed by atoms with van der Waals surface area (Å²) < 4.78 is 7.03. The molecule has 4 heteroatoms. The van der Waals surface area contributed by atoms with Gasteiger partial charge >= 0.3 is 0 Å². The first-order chi connectivity index (χ1) is 9.79. The Hall–Kier alpha value is -0.580. The van der Waals surface area contributed by atoms with Crippen molar-refractivity contribution in [2.45, 2.75) is 25.8 Å². The minimum absolute atomic E-state index is 0.524. The van der Waals surface area contributed by atoms with Crippen LogP contribution in [0.2, 0.25) is 0 Å². The minimum atomic E-state index is 0.524. The molecule has 1 aliphatic heterocycles. The molecule has 0 spiro atoms. The molecule has 0 aromatic heterocycles. The molecule has 1 saturated carbocycles. The molecule has 2 fully saturated rings.